The van der Waals surface area contributed by atoms with Crippen LogP contribution in [-0.4, -0.2) is 11.0 Å². The molecule has 2 aromatic rings. The molecule has 2 amide bonds. The highest BCUT2D eigenvalue weighted by Gasteiger charge is 2.09. The average molecular weight is 320 g/mol. The fraction of sp³-hybridized carbons (Fsp3) is 0.143. The predicted octanol–water partition coefficient (Wildman–Crippen LogP) is 3.73. The summed E-state index contributed by atoms with van der Waals surface area (Å²) in [5.74, 6) is 0. The first-order valence-electron chi connectivity index (χ1n) is 5.88. The average Bonchev–Trinajstić information content (AvgIpc) is 2.40. The summed E-state index contributed by atoms with van der Waals surface area (Å²) in [6, 6.07) is 11.1. The van der Waals surface area contributed by atoms with Gasteiger partial charge in [0.2, 0.25) is 0 Å². The Bertz CT molecular complexity index is 542. The number of halogens is 1. The summed E-state index contributed by atoms with van der Waals surface area (Å²) < 4.78 is 1.02. The standard InChI is InChI=1S/C14H14BrN3O/c1-10(11-4-6-12(15)7-5-11)17-14(19)18-13-3-2-8-16-9-13/h2-10H,1H3,(H2,17,18,19). The first-order valence-corrected chi connectivity index (χ1v) is 6.67. The second kappa shape index (κ2) is 6.33. The fourth-order valence-corrected chi connectivity index (χ4v) is 1.90. The van der Waals surface area contributed by atoms with Crippen LogP contribution in [0.1, 0.15) is 18.5 Å². The van der Waals surface area contributed by atoms with Crippen molar-refractivity contribution in [3.05, 3.63) is 58.8 Å². The van der Waals surface area contributed by atoms with E-state index >= 15 is 0 Å². The van der Waals surface area contributed by atoms with Crippen LogP contribution in [-0.2, 0) is 0 Å². The lowest BCUT2D eigenvalue weighted by Gasteiger charge is -2.15. The van der Waals surface area contributed by atoms with Gasteiger partial charge in [-0.15, -0.1) is 0 Å². The lowest BCUT2D eigenvalue weighted by atomic mass is 10.1. The van der Waals surface area contributed by atoms with Crippen molar-refractivity contribution in [2.75, 3.05) is 5.32 Å². The maximum absolute atomic E-state index is 11.8. The van der Waals surface area contributed by atoms with Crippen LogP contribution in [0.2, 0.25) is 0 Å². The van der Waals surface area contributed by atoms with Gasteiger partial charge in [-0.1, -0.05) is 28.1 Å². The zero-order valence-electron chi connectivity index (χ0n) is 10.4. The van der Waals surface area contributed by atoms with Crippen LogP contribution in [0, 0.1) is 0 Å². The Morgan fingerprint density at radius 1 is 1.26 bits per heavy atom. The van der Waals surface area contributed by atoms with E-state index < -0.39 is 0 Å². The van der Waals surface area contributed by atoms with Crippen LogP contribution in [0.15, 0.2) is 53.3 Å². The summed E-state index contributed by atoms with van der Waals surface area (Å²) >= 11 is 3.38. The predicted molar refractivity (Wildman–Crippen MR) is 78.9 cm³/mol. The Labute approximate surface area is 120 Å². The molecule has 2 N–H and O–H groups in total. The molecular weight excluding hydrogens is 306 g/mol. The molecule has 1 aromatic heterocycles. The second-order valence-corrected chi connectivity index (χ2v) is 5.03. The minimum atomic E-state index is -0.247. The molecule has 0 spiro atoms. The highest BCUT2D eigenvalue weighted by atomic mass is 79.9. The number of anilines is 1. The molecule has 0 aliphatic carbocycles. The summed E-state index contributed by atoms with van der Waals surface area (Å²) in [5, 5.41) is 5.60. The number of aromatic nitrogens is 1. The van der Waals surface area contributed by atoms with E-state index in [2.05, 4.69) is 31.5 Å². The third-order valence-electron chi connectivity index (χ3n) is 2.64. The Morgan fingerprint density at radius 2 is 2.00 bits per heavy atom. The Morgan fingerprint density at radius 3 is 2.63 bits per heavy atom. The van der Waals surface area contributed by atoms with Crippen molar-refractivity contribution in [2.24, 2.45) is 0 Å². The van der Waals surface area contributed by atoms with Crippen LogP contribution in [0.3, 0.4) is 0 Å². The summed E-state index contributed by atoms with van der Waals surface area (Å²) in [6.07, 6.45) is 3.26. The number of hydrogen-bond donors (Lipinski definition) is 2. The number of urea groups is 1. The first-order chi connectivity index (χ1) is 9.15. The third-order valence-corrected chi connectivity index (χ3v) is 3.17. The largest absolute Gasteiger partial charge is 0.331 e. The van der Waals surface area contributed by atoms with Gasteiger partial charge in [0, 0.05) is 10.7 Å². The maximum Gasteiger partial charge on any atom is 0.319 e. The normalized spacial score (nSPS) is 11.7. The molecule has 98 valence electrons. The van der Waals surface area contributed by atoms with E-state index in [1.807, 2.05) is 31.2 Å². The van der Waals surface area contributed by atoms with Crippen molar-refractivity contribution in [1.29, 1.82) is 0 Å². The van der Waals surface area contributed by atoms with E-state index in [-0.39, 0.29) is 12.1 Å². The maximum atomic E-state index is 11.8. The minimum Gasteiger partial charge on any atom is -0.331 e. The Kier molecular flexibility index (Phi) is 4.52. The fourth-order valence-electron chi connectivity index (χ4n) is 1.64. The van der Waals surface area contributed by atoms with Gasteiger partial charge >= 0.3 is 6.03 Å². The lowest BCUT2D eigenvalue weighted by molar-refractivity contribution is 0.249. The quantitative estimate of drug-likeness (QED) is 0.905. The number of hydrogen-bond acceptors (Lipinski definition) is 2. The van der Waals surface area contributed by atoms with E-state index in [1.54, 1.807) is 24.5 Å². The van der Waals surface area contributed by atoms with Gasteiger partial charge in [0.05, 0.1) is 17.9 Å². The van der Waals surface area contributed by atoms with Crippen LogP contribution in [0.25, 0.3) is 0 Å². The van der Waals surface area contributed by atoms with E-state index in [4.69, 9.17) is 0 Å². The summed E-state index contributed by atoms with van der Waals surface area (Å²) in [5.41, 5.74) is 1.72. The van der Waals surface area contributed by atoms with Gasteiger partial charge in [-0.3, -0.25) is 4.98 Å². The van der Waals surface area contributed by atoms with Crippen LogP contribution >= 0.6 is 15.9 Å². The first kappa shape index (κ1) is 13.5. The van der Waals surface area contributed by atoms with E-state index in [0.29, 0.717) is 5.69 Å². The molecule has 1 atom stereocenters. The molecule has 4 nitrogen and oxygen atoms in total. The molecule has 1 unspecified atom stereocenters. The molecule has 0 bridgehead atoms. The van der Waals surface area contributed by atoms with Crippen molar-refractivity contribution < 1.29 is 4.79 Å². The molecule has 2 rings (SSSR count). The van der Waals surface area contributed by atoms with Gasteiger partial charge < -0.3 is 10.6 Å². The monoisotopic (exact) mass is 319 g/mol. The lowest BCUT2D eigenvalue weighted by Crippen LogP contribution is -2.31. The number of nitrogens with zero attached hydrogens (tertiary/aromatic N) is 1. The number of pyridine rings is 1. The number of amides is 2. The van der Waals surface area contributed by atoms with Gasteiger partial charge in [0.1, 0.15) is 0 Å². The molecule has 0 aliphatic rings. The highest BCUT2D eigenvalue weighted by molar-refractivity contribution is 9.10. The van der Waals surface area contributed by atoms with Crippen LogP contribution < -0.4 is 10.6 Å². The zero-order valence-corrected chi connectivity index (χ0v) is 12.0. The van der Waals surface area contributed by atoms with Crippen LogP contribution in [0.5, 0.6) is 0 Å². The van der Waals surface area contributed by atoms with E-state index in [1.165, 1.54) is 0 Å². The number of carbonyl (C=O) groups excluding carboxylic acids is 1. The highest BCUT2D eigenvalue weighted by Crippen LogP contribution is 2.16. The zero-order chi connectivity index (χ0) is 13.7. The molecular formula is C14H14BrN3O. The molecule has 0 fully saturated rings. The van der Waals surface area contributed by atoms with Gasteiger partial charge in [-0.05, 0) is 36.8 Å². The SMILES string of the molecule is CC(NC(=O)Nc1cccnc1)c1ccc(Br)cc1. The number of carbonyl (C=O) groups is 1. The number of rotatable bonds is 3. The Balaban J connectivity index is 1.93. The second-order valence-electron chi connectivity index (χ2n) is 4.11. The van der Waals surface area contributed by atoms with Crippen molar-refractivity contribution >= 4 is 27.6 Å². The number of nitrogens with one attached hydrogen (secondary N) is 2. The molecule has 1 heterocycles. The van der Waals surface area contributed by atoms with Crippen molar-refractivity contribution in [2.45, 2.75) is 13.0 Å². The molecule has 0 saturated heterocycles. The van der Waals surface area contributed by atoms with Gasteiger partial charge in [0.25, 0.3) is 0 Å². The van der Waals surface area contributed by atoms with Crippen molar-refractivity contribution in [3.8, 4) is 0 Å². The molecule has 0 radical (unpaired) electrons. The summed E-state index contributed by atoms with van der Waals surface area (Å²) in [6.45, 7) is 1.94. The van der Waals surface area contributed by atoms with E-state index in [0.717, 1.165) is 10.0 Å². The van der Waals surface area contributed by atoms with Crippen LogP contribution in [0.4, 0.5) is 10.5 Å². The topological polar surface area (TPSA) is 54.0 Å². The van der Waals surface area contributed by atoms with Gasteiger partial charge in [-0.2, -0.15) is 0 Å². The van der Waals surface area contributed by atoms with E-state index in [9.17, 15) is 4.79 Å². The number of benzene rings is 1. The van der Waals surface area contributed by atoms with Gasteiger partial charge in [-0.25, -0.2) is 4.79 Å². The van der Waals surface area contributed by atoms with Crippen molar-refractivity contribution in [3.63, 3.8) is 0 Å². The minimum absolute atomic E-state index is 0.0650. The summed E-state index contributed by atoms with van der Waals surface area (Å²) in [4.78, 5) is 15.7. The third kappa shape index (κ3) is 4.06. The molecule has 0 aliphatic heterocycles. The molecule has 0 saturated carbocycles. The smallest absolute Gasteiger partial charge is 0.319 e. The van der Waals surface area contributed by atoms with Crippen molar-refractivity contribution in [1.82, 2.24) is 10.3 Å². The van der Waals surface area contributed by atoms with Gasteiger partial charge in [0.15, 0.2) is 0 Å². The Hall–Kier alpha value is -1.88. The summed E-state index contributed by atoms with van der Waals surface area (Å²) in [7, 11) is 0. The molecule has 5 heteroatoms. The molecule has 1 aromatic carbocycles. The molecule has 19 heavy (non-hydrogen) atoms.